The number of aliphatic hydroxyl groups excluding tert-OH is 1. The molecule has 1 aliphatic carbocycles. The molecule has 3 atom stereocenters. The molecule has 0 amide bonds. The topological polar surface area (TPSA) is 41.9 Å². The van der Waals surface area contributed by atoms with Crippen LogP contribution in [-0.2, 0) is 6.42 Å². The van der Waals surface area contributed by atoms with Crippen molar-refractivity contribution < 1.29 is 14.6 Å². The maximum absolute atomic E-state index is 10.7. The van der Waals surface area contributed by atoms with Gasteiger partial charge in [0, 0.05) is 19.1 Å². The van der Waals surface area contributed by atoms with Gasteiger partial charge in [0.05, 0.1) is 19.8 Å². The minimum Gasteiger partial charge on any atom is -0.493 e. The molecular formula is C22H33NO3. The molecule has 1 saturated carbocycles. The summed E-state index contributed by atoms with van der Waals surface area (Å²) in [5, 5.41) is 10.7. The normalized spacial score (nSPS) is 28.6. The van der Waals surface area contributed by atoms with E-state index in [-0.39, 0.29) is 6.10 Å². The molecule has 2 aliphatic heterocycles. The van der Waals surface area contributed by atoms with E-state index in [1.54, 1.807) is 7.11 Å². The molecule has 2 fully saturated rings. The Morgan fingerprint density at radius 1 is 1.23 bits per heavy atom. The van der Waals surface area contributed by atoms with Crippen molar-refractivity contribution in [3.63, 3.8) is 0 Å². The Kier molecular flexibility index (Phi) is 5.15. The number of benzene rings is 1. The lowest BCUT2D eigenvalue weighted by Gasteiger charge is -2.46. The third kappa shape index (κ3) is 3.72. The lowest BCUT2D eigenvalue weighted by Crippen LogP contribution is -2.48. The van der Waals surface area contributed by atoms with Crippen molar-refractivity contribution in [2.45, 2.75) is 58.1 Å². The predicted octanol–water partition coefficient (Wildman–Crippen LogP) is 3.81. The molecule has 1 aromatic carbocycles. The number of rotatable bonds is 6. The van der Waals surface area contributed by atoms with Crippen molar-refractivity contribution in [2.75, 3.05) is 26.8 Å². The van der Waals surface area contributed by atoms with Crippen LogP contribution in [-0.4, -0.2) is 42.9 Å². The van der Waals surface area contributed by atoms with Crippen LogP contribution >= 0.6 is 0 Å². The number of hydrogen-bond donors (Lipinski definition) is 1. The summed E-state index contributed by atoms with van der Waals surface area (Å²) >= 11 is 0. The van der Waals surface area contributed by atoms with Crippen LogP contribution < -0.4 is 9.47 Å². The molecule has 2 heterocycles. The SMILES string of the molecule is COc1cc2c(cc1OCC1CC1)CCN1C[C@H](CC(C)C)[C@@H](O)CC21. The molecule has 1 unspecified atom stereocenters. The maximum atomic E-state index is 10.7. The standard InChI is InChI=1S/C22H33NO3/c1-14(2)8-17-12-23-7-6-16-9-22(26-13-15-4-5-15)21(25-3)10-18(16)19(23)11-20(17)24/h9-10,14-15,17,19-20,24H,4-8,11-13H2,1-3H3/t17-,19?,20-/m0/s1. The zero-order valence-electron chi connectivity index (χ0n) is 16.4. The van der Waals surface area contributed by atoms with Gasteiger partial charge >= 0.3 is 0 Å². The van der Waals surface area contributed by atoms with Crippen LogP contribution in [0.15, 0.2) is 12.1 Å². The molecule has 0 aromatic heterocycles. The fourth-order valence-corrected chi connectivity index (χ4v) is 4.70. The molecule has 3 aliphatic rings. The molecule has 1 aromatic rings. The molecule has 0 radical (unpaired) electrons. The van der Waals surface area contributed by atoms with E-state index in [0.29, 0.717) is 17.9 Å². The van der Waals surface area contributed by atoms with Gasteiger partial charge in [-0.25, -0.2) is 0 Å². The van der Waals surface area contributed by atoms with Crippen molar-refractivity contribution in [3.05, 3.63) is 23.3 Å². The Balaban J connectivity index is 1.55. The van der Waals surface area contributed by atoms with E-state index in [9.17, 15) is 5.11 Å². The van der Waals surface area contributed by atoms with Crippen LogP contribution in [0.4, 0.5) is 0 Å². The quantitative estimate of drug-likeness (QED) is 0.839. The molecular weight excluding hydrogens is 326 g/mol. The van der Waals surface area contributed by atoms with Gasteiger partial charge in [0.15, 0.2) is 11.5 Å². The van der Waals surface area contributed by atoms with E-state index in [2.05, 4.69) is 30.9 Å². The smallest absolute Gasteiger partial charge is 0.161 e. The van der Waals surface area contributed by atoms with Gasteiger partial charge in [-0.15, -0.1) is 0 Å². The summed E-state index contributed by atoms with van der Waals surface area (Å²) < 4.78 is 11.7. The van der Waals surface area contributed by atoms with E-state index in [1.807, 2.05) is 0 Å². The van der Waals surface area contributed by atoms with Crippen molar-refractivity contribution in [1.82, 2.24) is 4.90 Å². The van der Waals surface area contributed by atoms with Gasteiger partial charge in [-0.3, -0.25) is 4.90 Å². The van der Waals surface area contributed by atoms with Crippen molar-refractivity contribution in [1.29, 1.82) is 0 Å². The van der Waals surface area contributed by atoms with Crippen LogP contribution in [0.1, 0.15) is 56.7 Å². The van der Waals surface area contributed by atoms with E-state index in [1.165, 1.54) is 24.0 Å². The van der Waals surface area contributed by atoms with Gasteiger partial charge in [0.25, 0.3) is 0 Å². The second-order valence-electron chi connectivity index (χ2n) is 8.91. The molecule has 0 spiro atoms. The van der Waals surface area contributed by atoms with Gasteiger partial charge < -0.3 is 14.6 Å². The molecule has 26 heavy (non-hydrogen) atoms. The van der Waals surface area contributed by atoms with E-state index < -0.39 is 0 Å². The van der Waals surface area contributed by atoms with Gasteiger partial charge in [0.1, 0.15) is 0 Å². The van der Waals surface area contributed by atoms with Crippen LogP contribution in [0, 0.1) is 17.8 Å². The first-order valence-corrected chi connectivity index (χ1v) is 10.3. The van der Waals surface area contributed by atoms with Crippen LogP contribution in [0.25, 0.3) is 0 Å². The molecule has 4 heteroatoms. The number of piperidine rings is 1. The minimum absolute atomic E-state index is 0.207. The summed E-state index contributed by atoms with van der Waals surface area (Å²) in [6, 6.07) is 4.67. The summed E-state index contributed by atoms with van der Waals surface area (Å²) in [6.45, 7) is 7.38. The molecule has 1 N–H and O–H groups in total. The lowest BCUT2D eigenvalue weighted by atomic mass is 9.79. The first-order chi connectivity index (χ1) is 12.5. The third-order valence-corrected chi connectivity index (χ3v) is 6.32. The summed E-state index contributed by atoms with van der Waals surface area (Å²) in [5.74, 6) is 3.49. The highest BCUT2D eigenvalue weighted by molar-refractivity contribution is 5.49. The Morgan fingerprint density at radius 2 is 2.04 bits per heavy atom. The number of nitrogens with zero attached hydrogens (tertiary/aromatic N) is 1. The molecule has 0 bridgehead atoms. The monoisotopic (exact) mass is 359 g/mol. The van der Waals surface area contributed by atoms with Crippen molar-refractivity contribution in [2.24, 2.45) is 17.8 Å². The lowest BCUT2D eigenvalue weighted by molar-refractivity contribution is -0.0191. The van der Waals surface area contributed by atoms with Crippen molar-refractivity contribution in [3.8, 4) is 11.5 Å². The Bertz CT molecular complexity index is 641. The first kappa shape index (κ1) is 18.1. The number of ether oxygens (including phenoxy) is 2. The predicted molar refractivity (Wildman–Crippen MR) is 103 cm³/mol. The fourth-order valence-electron chi connectivity index (χ4n) is 4.70. The highest BCUT2D eigenvalue weighted by Crippen LogP contribution is 2.44. The van der Waals surface area contributed by atoms with Gasteiger partial charge in [0.2, 0.25) is 0 Å². The third-order valence-electron chi connectivity index (χ3n) is 6.32. The van der Waals surface area contributed by atoms with Gasteiger partial charge in [-0.1, -0.05) is 13.8 Å². The maximum Gasteiger partial charge on any atom is 0.161 e. The molecule has 1 saturated heterocycles. The molecule has 4 nitrogen and oxygen atoms in total. The number of aliphatic hydroxyl groups is 1. The fraction of sp³-hybridized carbons (Fsp3) is 0.727. The Morgan fingerprint density at radius 3 is 2.73 bits per heavy atom. The summed E-state index contributed by atoms with van der Waals surface area (Å²) in [4.78, 5) is 2.58. The van der Waals surface area contributed by atoms with Crippen molar-refractivity contribution >= 4 is 0 Å². The first-order valence-electron chi connectivity index (χ1n) is 10.3. The highest BCUT2D eigenvalue weighted by Gasteiger charge is 2.38. The summed E-state index contributed by atoms with van der Waals surface area (Å²) in [6.07, 6.45) is 5.37. The highest BCUT2D eigenvalue weighted by atomic mass is 16.5. The zero-order chi connectivity index (χ0) is 18.3. The largest absolute Gasteiger partial charge is 0.493 e. The number of fused-ring (bicyclic) bond motifs is 3. The zero-order valence-corrected chi connectivity index (χ0v) is 16.4. The average molecular weight is 360 g/mol. The molecule has 144 valence electrons. The summed E-state index contributed by atoms with van der Waals surface area (Å²) in [7, 11) is 1.72. The van der Waals surface area contributed by atoms with Crippen LogP contribution in [0.3, 0.4) is 0 Å². The van der Waals surface area contributed by atoms with E-state index in [0.717, 1.165) is 56.4 Å². The van der Waals surface area contributed by atoms with Gasteiger partial charge in [-0.05, 0) is 73.1 Å². The minimum atomic E-state index is -0.207. The van der Waals surface area contributed by atoms with Gasteiger partial charge in [-0.2, -0.15) is 0 Å². The number of methoxy groups -OCH3 is 1. The second-order valence-corrected chi connectivity index (χ2v) is 8.91. The van der Waals surface area contributed by atoms with Crippen LogP contribution in [0.5, 0.6) is 11.5 Å². The second kappa shape index (κ2) is 7.40. The van der Waals surface area contributed by atoms with E-state index >= 15 is 0 Å². The molecule has 4 rings (SSSR count). The van der Waals surface area contributed by atoms with E-state index in [4.69, 9.17) is 9.47 Å². The Labute approximate surface area is 157 Å². The van der Waals surface area contributed by atoms with Crippen LogP contribution in [0.2, 0.25) is 0 Å². The average Bonchev–Trinajstić information content (AvgIpc) is 3.44. The number of hydrogen-bond acceptors (Lipinski definition) is 4. The summed E-state index contributed by atoms with van der Waals surface area (Å²) in [5.41, 5.74) is 2.70. The Hall–Kier alpha value is -1.26.